The summed E-state index contributed by atoms with van der Waals surface area (Å²) in [6.07, 6.45) is 3.56. The highest BCUT2D eigenvalue weighted by Crippen LogP contribution is 2.45. The predicted molar refractivity (Wildman–Crippen MR) is 230 cm³/mol. The number of nitrogens with zero attached hydrogens (tertiary/aromatic N) is 2. The van der Waals surface area contributed by atoms with Gasteiger partial charge in [-0.1, -0.05) is 42.5 Å². The number of hydrogen-bond donors (Lipinski definition) is 4. The molecule has 332 valence electrons. The Balaban J connectivity index is 1.21. The minimum absolute atomic E-state index is 0.00402. The Morgan fingerprint density at radius 1 is 1.06 bits per heavy atom. The normalized spacial score (nSPS) is 24.4. The SMILES string of the molecule is C=C[C@H]1C[C@]1(NC(=O)[C@@H]1C[C@@H]2CN1C(=O)[C@H](CCCNC(=O)OC(C)(C)C)NC(=O)OCCCCCc1ccc3nc(-c4ccccc4)cc(c3c1)O2)C(=O)NS(=O)(=O)C1CC1. The molecule has 62 heavy (non-hydrogen) atoms. The van der Waals surface area contributed by atoms with Gasteiger partial charge in [-0.25, -0.2) is 23.0 Å². The molecule has 5 amide bonds. The maximum Gasteiger partial charge on any atom is 0.407 e. The Hall–Kier alpha value is -5.71. The summed E-state index contributed by atoms with van der Waals surface area (Å²) in [7, 11) is -3.94. The molecule has 2 aliphatic carbocycles. The van der Waals surface area contributed by atoms with E-state index in [1.54, 1.807) is 20.8 Å². The predicted octanol–water partition coefficient (Wildman–Crippen LogP) is 5.05. The topological polar surface area (TPSA) is 211 Å². The van der Waals surface area contributed by atoms with Crippen molar-refractivity contribution in [3.63, 3.8) is 0 Å². The van der Waals surface area contributed by atoms with Gasteiger partial charge < -0.3 is 35.1 Å². The highest BCUT2D eigenvalue weighted by atomic mass is 32.2. The van der Waals surface area contributed by atoms with Crippen molar-refractivity contribution < 1.29 is 46.6 Å². The van der Waals surface area contributed by atoms with E-state index in [0.717, 1.165) is 35.8 Å². The van der Waals surface area contributed by atoms with Gasteiger partial charge in [0.1, 0.15) is 35.1 Å². The van der Waals surface area contributed by atoms with Crippen molar-refractivity contribution in [1.29, 1.82) is 0 Å². The molecule has 0 spiro atoms. The van der Waals surface area contributed by atoms with Crippen LogP contribution in [0.5, 0.6) is 5.75 Å². The second-order valence-corrected chi connectivity index (χ2v) is 19.6. The number of aromatic nitrogens is 1. The van der Waals surface area contributed by atoms with Crippen molar-refractivity contribution in [3.8, 4) is 17.0 Å². The zero-order valence-electron chi connectivity index (χ0n) is 35.4. The van der Waals surface area contributed by atoms with Gasteiger partial charge in [0.05, 0.1) is 29.6 Å². The maximum absolute atomic E-state index is 14.8. The summed E-state index contributed by atoms with van der Waals surface area (Å²) in [6, 6.07) is 15.2. The van der Waals surface area contributed by atoms with Gasteiger partial charge in [0, 0.05) is 35.9 Å². The van der Waals surface area contributed by atoms with E-state index in [0.29, 0.717) is 36.2 Å². The average Bonchev–Trinajstić information content (AvgIpc) is 4.16. The van der Waals surface area contributed by atoms with Gasteiger partial charge in [0.2, 0.25) is 21.8 Å². The second kappa shape index (κ2) is 18.3. The molecular formula is C45H56N6O10S. The molecule has 3 fully saturated rings. The van der Waals surface area contributed by atoms with Crippen molar-refractivity contribution >= 4 is 50.8 Å². The van der Waals surface area contributed by atoms with Gasteiger partial charge in [-0.15, -0.1) is 6.58 Å². The molecule has 3 heterocycles. The molecule has 16 nitrogen and oxygen atoms in total. The van der Waals surface area contributed by atoms with E-state index in [2.05, 4.69) is 27.3 Å². The Morgan fingerprint density at radius 3 is 2.55 bits per heavy atom. The minimum atomic E-state index is -3.94. The molecule has 0 radical (unpaired) electrons. The summed E-state index contributed by atoms with van der Waals surface area (Å²) in [5, 5.41) is 8.29. The third-order valence-electron chi connectivity index (χ3n) is 11.6. The van der Waals surface area contributed by atoms with E-state index in [9.17, 15) is 32.4 Å². The van der Waals surface area contributed by atoms with Crippen molar-refractivity contribution in [2.24, 2.45) is 5.92 Å². The number of carbonyl (C=O) groups excluding carboxylic acids is 5. The van der Waals surface area contributed by atoms with Crippen LogP contribution in [0.4, 0.5) is 9.59 Å². The Bertz CT molecular complexity index is 2310. The number of aryl methyl sites for hydroxylation is 1. The molecule has 1 aromatic heterocycles. The largest absolute Gasteiger partial charge is 0.488 e. The molecule has 3 aromatic rings. The number of rotatable bonds is 11. The summed E-state index contributed by atoms with van der Waals surface area (Å²) in [5.74, 6) is -2.22. The van der Waals surface area contributed by atoms with Crippen LogP contribution in [-0.4, -0.2) is 102 Å². The fourth-order valence-corrected chi connectivity index (χ4v) is 9.41. The van der Waals surface area contributed by atoms with Gasteiger partial charge in [0.15, 0.2) is 0 Å². The van der Waals surface area contributed by atoms with Crippen LogP contribution >= 0.6 is 0 Å². The number of fused-ring (bicyclic) bond motifs is 3. The van der Waals surface area contributed by atoms with Crippen molar-refractivity contribution in [3.05, 3.63) is 72.8 Å². The number of pyridine rings is 1. The Morgan fingerprint density at radius 2 is 1.84 bits per heavy atom. The lowest BCUT2D eigenvalue weighted by atomic mass is 10.0. The first-order chi connectivity index (χ1) is 29.5. The smallest absolute Gasteiger partial charge is 0.407 e. The first-order valence-corrected chi connectivity index (χ1v) is 23.0. The van der Waals surface area contributed by atoms with Crippen molar-refractivity contribution in [2.45, 2.75) is 120 Å². The van der Waals surface area contributed by atoms with Crippen LogP contribution in [0.25, 0.3) is 22.2 Å². The number of alkyl carbamates (subject to hydrolysis) is 2. The molecule has 17 heteroatoms. The lowest BCUT2D eigenvalue weighted by molar-refractivity contribution is -0.141. The highest BCUT2D eigenvalue weighted by Gasteiger charge is 2.62. The standard InChI is InChI=1S/C45H56N6O10S/c1-5-30-26-45(30,41(54)50-62(57,58)32-18-19-32)49-39(52)37-24-31-27-51(37)40(53)35(16-12-21-46-42(55)61-44(2,3)4)48-43(56)59-22-11-7-8-13-28-17-20-34-33(23-28)38(60-31)25-36(47-34)29-14-9-6-10-15-29/h5-6,9-10,14-15,17,20,23,25,30-32,35,37H,1,7-8,11-13,16,18-19,21-22,24,26-27H2,2-4H3,(H,46,55)(H,48,56)(H,49,52)(H,50,54)/t30-,31+,35-,37-,45+/m0/s1. The third kappa shape index (κ3) is 10.7. The molecular weight excluding hydrogens is 817 g/mol. The van der Waals surface area contributed by atoms with Crippen LogP contribution in [0.3, 0.4) is 0 Å². The summed E-state index contributed by atoms with van der Waals surface area (Å²) < 4.78 is 45.5. The molecule has 5 atom stereocenters. The molecule has 2 saturated carbocycles. The first kappa shape index (κ1) is 44.3. The van der Waals surface area contributed by atoms with Gasteiger partial charge in [-0.3, -0.25) is 19.1 Å². The van der Waals surface area contributed by atoms with E-state index in [1.165, 1.54) is 11.0 Å². The fraction of sp³-hybridized carbons (Fsp3) is 0.511. The highest BCUT2D eigenvalue weighted by molar-refractivity contribution is 7.91. The number of hydrogen-bond acceptors (Lipinski definition) is 11. The summed E-state index contributed by atoms with van der Waals surface area (Å²) in [4.78, 5) is 74.9. The quantitative estimate of drug-likeness (QED) is 0.148. The van der Waals surface area contributed by atoms with E-state index in [1.807, 2.05) is 54.6 Å². The zero-order chi connectivity index (χ0) is 44.2. The summed E-state index contributed by atoms with van der Waals surface area (Å²) in [5.41, 5.74) is 0.987. The number of nitrogens with one attached hydrogen (secondary N) is 4. The van der Waals surface area contributed by atoms with Crippen LogP contribution in [0.2, 0.25) is 0 Å². The van der Waals surface area contributed by atoms with Crippen LogP contribution in [0, 0.1) is 5.92 Å². The number of benzene rings is 2. The van der Waals surface area contributed by atoms with Crippen molar-refractivity contribution in [2.75, 3.05) is 19.7 Å². The Labute approximate surface area is 361 Å². The molecule has 7 rings (SSSR count). The number of sulfonamides is 1. The molecule has 1 saturated heterocycles. The molecule has 2 aromatic carbocycles. The maximum atomic E-state index is 14.8. The Kier molecular flexibility index (Phi) is 13.1. The fourth-order valence-electron chi connectivity index (χ4n) is 8.05. The van der Waals surface area contributed by atoms with E-state index < -0.39 is 80.4 Å². The monoisotopic (exact) mass is 872 g/mol. The molecule has 4 N–H and O–H groups in total. The lowest BCUT2D eigenvalue weighted by Crippen LogP contribution is -2.58. The van der Waals surface area contributed by atoms with Crippen LogP contribution < -0.4 is 25.4 Å². The summed E-state index contributed by atoms with van der Waals surface area (Å²) >= 11 is 0. The first-order valence-electron chi connectivity index (χ1n) is 21.4. The minimum Gasteiger partial charge on any atom is -0.488 e. The van der Waals surface area contributed by atoms with Gasteiger partial charge in [0.25, 0.3) is 5.91 Å². The van der Waals surface area contributed by atoms with E-state index >= 15 is 0 Å². The van der Waals surface area contributed by atoms with E-state index in [-0.39, 0.29) is 45.4 Å². The molecule has 0 unspecified atom stereocenters. The van der Waals surface area contributed by atoms with Crippen LogP contribution in [0.15, 0.2) is 67.3 Å². The zero-order valence-corrected chi connectivity index (χ0v) is 36.3. The van der Waals surface area contributed by atoms with Gasteiger partial charge in [-0.2, -0.15) is 0 Å². The van der Waals surface area contributed by atoms with Gasteiger partial charge in [-0.05, 0) is 96.3 Å². The summed E-state index contributed by atoms with van der Waals surface area (Å²) in [6.45, 7) is 9.19. The molecule has 4 bridgehead atoms. The number of carbonyl (C=O) groups is 5. The molecule has 2 aliphatic heterocycles. The third-order valence-corrected chi connectivity index (χ3v) is 13.4. The number of cyclic esters (lactones) is 1. The van der Waals surface area contributed by atoms with Crippen molar-refractivity contribution in [1.82, 2.24) is 30.6 Å². The average molecular weight is 873 g/mol. The number of amides is 5. The molecule has 4 aliphatic rings. The second-order valence-electron chi connectivity index (χ2n) is 17.6. The van der Waals surface area contributed by atoms with E-state index in [4.69, 9.17) is 19.2 Å². The number of ether oxygens (including phenoxy) is 3. The van der Waals surface area contributed by atoms with Gasteiger partial charge >= 0.3 is 12.2 Å². The van der Waals surface area contributed by atoms with Crippen LogP contribution in [0.1, 0.15) is 84.1 Å². The van der Waals surface area contributed by atoms with Crippen LogP contribution in [-0.2, 0) is 40.3 Å². The lowest BCUT2D eigenvalue weighted by Gasteiger charge is -2.29.